The Balaban J connectivity index is 2.07. The molecular formula is C12H13ClN2O3. The van der Waals surface area contributed by atoms with Gasteiger partial charge in [0.1, 0.15) is 12.6 Å². The molecule has 1 atom stereocenters. The van der Waals surface area contributed by atoms with E-state index >= 15 is 0 Å². The molecule has 1 unspecified atom stereocenters. The number of hydrogen-bond acceptors (Lipinski definition) is 3. The van der Waals surface area contributed by atoms with Crippen LogP contribution < -0.4 is 5.32 Å². The van der Waals surface area contributed by atoms with Crippen LogP contribution >= 0.6 is 11.6 Å². The quantitative estimate of drug-likeness (QED) is 0.893. The van der Waals surface area contributed by atoms with Gasteiger partial charge in [-0.05, 0) is 24.6 Å². The fourth-order valence-electron chi connectivity index (χ4n) is 1.64. The number of likely N-dealkylation sites (N-methyl/N-ethyl adjacent to an activating group) is 1. The topological polar surface area (TPSA) is 58.6 Å². The number of ether oxygens (including phenoxy) is 1. The van der Waals surface area contributed by atoms with Crippen LogP contribution in [-0.2, 0) is 9.53 Å². The monoisotopic (exact) mass is 268 g/mol. The van der Waals surface area contributed by atoms with Gasteiger partial charge in [-0.3, -0.25) is 9.69 Å². The van der Waals surface area contributed by atoms with Crippen molar-refractivity contribution in [3.8, 4) is 0 Å². The molecule has 6 heteroatoms. The lowest BCUT2D eigenvalue weighted by Crippen LogP contribution is -2.40. The predicted octanol–water partition coefficient (Wildman–Crippen LogP) is 2.04. The summed E-state index contributed by atoms with van der Waals surface area (Å²) in [7, 11) is 1.53. The van der Waals surface area contributed by atoms with Gasteiger partial charge in [0.2, 0.25) is 0 Å². The van der Waals surface area contributed by atoms with Gasteiger partial charge in [-0.1, -0.05) is 17.7 Å². The molecule has 1 N–H and O–H groups in total. The fourth-order valence-corrected chi connectivity index (χ4v) is 1.82. The molecule has 5 nitrogen and oxygen atoms in total. The summed E-state index contributed by atoms with van der Waals surface area (Å²) in [6.45, 7) is 1.95. The molecule has 1 aliphatic heterocycles. The van der Waals surface area contributed by atoms with Crippen LogP contribution in [0.2, 0.25) is 5.02 Å². The van der Waals surface area contributed by atoms with E-state index in [-0.39, 0.29) is 12.5 Å². The molecule has 2 rings (SSSR count). The average molecular weight is 269 g/mol. The van der Waals surface area contributed by atoms with Crippen molar-refractivity contribution < 1.29 is 14.3 Å². The second kappa shape index (κ2) is 4.86. The lowest BCUT2D eigenvalue weighted by Gasteiger charge is -2.15. The number of halogens is 1. The lowest BCUT2D eigenvalue weighted by molar-refractivity contribution is -0.119. The Bertz CT molecular complexity index is 504. The number of amides is 2. The first-order valence-corrected chi connectivity index (χ1v) is 5.83. The summed E-state index contributed by atoms with van der Waals surface area (Å²) >= 11 is 5.97. The van der Waals surface area contributed by atoms with Gasteiger partial charge in [-0.2, -0.15) is 0 Å². The fraction of sp³-hybridized carbons (Fsp3) is 0.333. The molecule has 0 aromatic heterocycles. The maximum atomic E-state index is 11.9. The van der Waals surface area contributed by atoms with Crippen molar-refractivity contribution in [2.45, 2.75) is 13.0 Å². The number of rotatable bonds is 2. The van der Waals surface area contributed by atoms with Gasteiger partial charge in [-0.15, -0.1) is 0 Å². The minimum atomic E-state index is -0.599. The van der Waals surface area contributed by atoms with E-state index in [9.17, 15) is 9.59 Å². The zero-order chi connectivity index (χ0) is 13.3. The molecule has 1 aliphatic rings. The van der Waals surface area contributed by atoms with Gasteiger partial charge in [-0.25, -0.2) is 4.79 Å². The Morgan fingerprint density at radius 2 is 2.28 bits per heavy atom. The maximum absolute atomic E-state index is 11.9. The summed E-state index contributed by atoms with van der Waals surface area (Å²) in [4.78, 5) is 24.4. The summed E-state index contributed by atoms with van der Waals surface area (Å²) in [5, 5.41) is 3.29. The third-order valence-electron chi connectivity index (χ3n) is 2.86. The molecule has 0 spiro atoms. The number of cyclic esters (lactones) is 1. The molecule has 1 aromatic rings. The first-order valence-electron chi connectivity index (χ1n) is 5.45. The van der Waals surface area contributed by atoms with Gasteiger partial charge in [0.05, 0.1) is 0 Å². The molecule has 0 saturated carbocycles. The lowest BCUT2D eigenvalue weighted by atomic mass is 10.2. The molecule has 1 aromatic carbocycles. The zero-order valence-corrected chi connectivity index (χ0v) is 10.8. The number of anilines is 1. The van der Waals surface area contributed by atoms with Crippen molar-refractivity contribution in [1.82, 2.24) is 4.90 Å². The Kier molecular flexibility index (Phi) is 3.43. The highest BCUT2D eigenvalue weighted by molar-refractivity contribution is 6.31. The van der Waals surface area contributed by atoms with Gasteiger partial charge >= 0.3 is 6.09 Å². The molecule has 18 heavy (non-hydrogen) atoms. The van der Waals surface area contributed by atoms with E-state index in [4.69, 9.17) is 16.3 Å². The number of nitrogens with zero attached hydrogens (tertiary/aromatic N) is 1. The van der Waals surface area contributed by atoms with Gasteiger partial charge in [0.25, 0.3) is 5.91 Å². The number of aryl methyl sites for hydroxylation is 1. The number of carbonyl (C=O) groups excluding carboxylic acids is 2. The SMILES string of the molecule is Cc1ccc(NC(=O)C2COC(=O)N2C)cc1Cl. The molecular weight excluding hydrogens is 256 g/mol. The van der Waals surface area contributed by atoms with Crippen LogP contribution in [0.4, 0.5) is 10.5 Å². The molecule has 0 radical (unpaired) electrons. The number of carbonyl (C=O) groups is 2. The normalized spacial score (nSPS) is 18.7. The van der Waals surface area contributed by atoms with E-state index < -0.39 is 12.1 Å². The molecule has 1 fully saturated rings. The number of benzene rings is 1. The van der Waals surface area contributed by atoms with Crippen LogP contribution in [0.15, 0.2) is 18.2 Å². The van der Waals surface area contributed by atoms with Crippen molar-refractivity contribution in [3.05, 3.63) is 28.8 Å². The van der Waals surface area contributed by atoms with Crippen molar-refractivity contribution >= 4 is 29.3 Å². The summed E-state index contributed by atoms with van der Waals surface area (Å²) in [6.07, 6.45) is -0.489. The number of hydrogen-bond donors (Lipinski definition) is 1. The van der Waals surface area contributed by atoms with E-state index in [2.05, 4.69) is 5.32 Å². The molecule has 1 saturated heterocycles. The minimum absolute atomic E-state index is 0.0702. The summed E-state index contributed by atoms with van der Waals surface area (Å²) in [5.74, 6) is -0.289. The van der Waals surface area contributed by atoms with Gasteiger partial charge in [0, 0.05) is 17.8 Å². The molecule has 2 amide bonds. The summed E-state index contributed by atoms with van der Waals surface area (Å²) in [5.41, 5.74) is 1.54. The van der Waals surface area contributed by atoms with Gasteiger partial charge in [0.15, 0.2) is 0 Å². The van der Waals surface area contributed by atoms with Crippen molar-refractivity contribution in [2.24, 2.45) is 0 Å². The van der Waals surface area contributed by atoms with E-state index in [1.807, 2.05) is 13.0 Å². The highest BCUT2D eigenvalue weighted by Gasteiger charge is 2.35. The third-order valence-corrected chi connectivity index (χ3v) is 3.27. The van der Waals surface area contributed by atoms with Crippen molar-refractivity contribution in [2.75, 3.05) is 19.0 Å². The van der Waals surface area contributed by atoms with E-state index in [1.54, 1.807) is 12.1 Å². The minimum Gasteiger partial charge on any atom is -0.447 e. The smallest absolute Gasteiger partial charge is 0.410 e. The van der Waals surface area contributed by atoms with Crippen LogP contribution in [0, 0.1) is 6.92 Å². The highest BCUT2D eigenvalue weighted by Crippen LogP contribution is 2.20. The first-order chi connectivity index (χ1) is 8.49. The predicted molar refractivity (Wildman–Crippen MR) is 67.7 cm³/mol. The van der Waals surface area contributed by atoms with E-state index in [1.165, 1.54) is 11.9 Å². The third kappa shape index (κ3) is 2.41. The standard InChI is InChI=1S/C12H13ClN2O3/c1-7-3-4-8(5-9(7)13)14-11(16)10-6-18-12(17)15(10)2/h3-5,10H,6H2,1-2H3,(H,14,16). The average Bonchev–Trinajstić information content (AvgIpc) is 2.65. The molecule has 0 bridgehead atoms. The Hall–Kier alpha value is -1.75. The summed E-state index contributed by atoms with van der Waals surface area (Å²) in [6, 6.07) is 4.65. The highest BCUT2D eigenvalue weighted by atomic mass is 35.5. The van der Waals surface area contributed by atoms with Crippen molar-refractivity contribution in [3.63, 3.8) is 0 Å². The largest absolute Gasteiger partial charge is 0.447 e. The first kappa shape index (κ1) is 12.7. The van der Waals surface area contributed by atoms with Crippen LogP contribution in [0.5, 0.6) is 0 Å². The Morgan fingerprint density at radius 3 is 2.83 bits per heavy atom. The number of nitrogens with one attached hydrogen (secondary N) is 1. The van der Waals surface area contributed by atoms with Crippen LogP contribution in [0.3, 0.4) is 0 Å². The van der Waals surface area contributed by atoms with Crippen molar-refractivity contribution in [1.29, 1.82) is 0 Å². The molecule has 1 heterocycles. The second-order valence-electron chi connectivity index (χ2n) is 4.16. The molecule has 0 aliphatic carbocycles. The van der Waals surface area contributed by atoms with Crippen LogP contribution in [-0.4, -0.2) is 36.6 Å². The summed E-state index contributed by atoms with van der Waals surface area (Å²) < 4.78 is 4.78. The second-order valence-corrected chi connectivity index (χ2v) is 4.56. The van der Waals surface area contributed by atoms with Gasteiger partial charge < -0.3 is 10.1 Å². The van der Waals surface area contributed by atoms with E-state index in [0.717, 1.165) is 5.56 Å². The maximum Gasteiger partial charge on any atom is 0.410 e. The Morgan fingerprint density at radius 1 is 1.56 bits per heavy atom. The zero-order valence-electron chi connectivity index (χ0n) is 10.1. The van der Waals surface area contributed by atoms with Crippen LogP contribution in [0.1, 0.15) is 5.56 Å². The Labute approximate surface area is 110 Å². The molecule has 96 valence electrons. The van der Waals surface area contributed by atoms with Crippen LogP contribution in [0.25, 0.3) is 0 Å². The van der Waals surface area contributed by atoms with E-state index in [0.29, 0.717) is 10.7 Å².